The third-order valence-corrected chi connectivity index (χ3v) is 6.47. The SMILES string of the molecule is Cc1ccc(F)cc1NC(=O)CSc1nnc([C@@H](CC(C)C)NC(=O)c2ccccc2Cl)n1C. The lowest BCUT2D eigenvalue weighted by Gasteiger charge is -2.20. The minimum Gasteiger partial charge on any atom is -0.342 e. The van der Waals surface area contributed by atoms with Crippen LogP contribution in [0.1, 0.15) is 48.1 Å². The smallest absolute Gasteiger partial charge is 0.253 e. The number of carbonyl (C=O) groups excluding carboxylic acids is 2. The number of nitrogens with one attached hydrogen (secondary N) is 2. The van der Waals surface area contributed by atoms with Gasteiger partial charge in [-0.15, -0.1) is 10.2 Å². The van der Waals surface area contributed by atoms with E-state index >= 15 is 0 Å². The van der Waals surface area contributed by atoms with Gasteiger partial charge in [0.15, 0.2) is 11.0 Å². The van der Waals surface area contributed by atoms with Gasteiger partial charge in [-0.1, -0.05) is 55.4 Å². The summed E-state index contributed by atoms with van der Waals surface area (Å²) in [6.07, 6.45) is 0.645. The van der Waals surface area contributed by atoms with Gasteiger partial charge >= 0.3 is 0 Å². The Bertz CT molecular complexity index is 1180. The molecule has 10 heteroatoms. The first-order valence-electron chi connectivity index (χ1n) is 10.8. The van der Waals surface area contributed by atoms with Gasteiger partial charge in [0.05, 0.1) is 22.4 Å². The van der Waals surface area contributed by atoms with E-state index in [-0.39, 0.29) is 29.5 Å². The van der Waals surface area contributed by atoms with Gasteiger partial charge in [0, 0.05) is 12.7 Å². The molecule has 0 saturated heterocycles. The average molecular weight is 504 g/mol. The molecule has 0 fully saturated rings. The van der Waals surface area contributed by atoms with Crippen molar-refractivity contribution >= 4 is 40.9 Å². The van der Waals surface area contributed by atoms with Crippen molar-refractivity contribution in [3.05, 3.63) is 70.3 Å². The van der Waals surface area contributed by atoms with Crippen molar-refractivity contribution in [1.29, 1.82) is 0 Å². The molecular formula is C24H27ClFN5O2S. The molecule has 3 rings (SSSR count). The predicted octanol–water partition coefficient (Wildman–Crippen LogP) is 5.16. The molecule has 2 amide bonds. The van der Waals surface area contributed by atoms with Crippen LogP contribution in [0.3, 0.4) is 0 Å². The lowest BCUT2D eigenvalue weighted by molar-refractivity contribution is -0.113. The zero-order valence-electron chi connectivity index (χ0n) is 19.4. The van der Waals surface area contributed by atoms with Crippen molar-refractivity contribution in [3.8, 4) is 0 Å². The molecule has 7 nitrogen and oxygen atoms in total. The van der Waals surface area contributed by atoms with E-state index in [9.17, 15) is 14.0 Å². The summed E-state index contributed by atoms with van der Waals surface area (Å²) in [6.45, 7) is 5.90. The molecule has 0 bridgehead atoms. The normalized spacial score (nSPS) is 12.0. The number of halogens is 2. The Hall–Kier alpha value is -2.91. The zero-order chi connectivity index (χ0) is 24.8. The lowest BCUT2D eigenvalue weighted by atomic mass is 10.0. The van der Waals surface area contributed by atoms with Crippen LogP contribution in [0.2, 0.25) is 5.02 Å². The number of anilines is 1. The third-order valence-electron chi connectivity index (χ3n) is 5.12. The Balaban J connectivity index is 1.70. The number of hydrogen-bond donors (Lipinski definition) is 2. The van der Waals surface area contributed by atoms with E-state index < -0.39 is 5.82 Å². The van der Waals surface area contributed by atoms with Crippen molar-refractivity contribution < 1.29 is 14.0 Å². The molecule has 0 radical (unpaired) electrons. The second kappa shape index (κ2) is 11.5. The molecule has 3 aromatic rings. The minimum atomic E-state index is -0.415. The highest BCUT2D eigenvalue weighted by molar-refractivity contribution is 7.99. The number of hydrogen-bond acceptors (Lipinski definition) is 5. The maximum atomic E-state index is 13.5. The number of amides is 2. The van der Waals surface area contributed by atoms with Gasteiger partial charge in [0.1, 0.15) is 5.82 Å². The second-order valence-corrected chi connectivity index (χ2v) is 9.68. The molecule has 0 aliphatic heterocycles. The quantitative estimate of drug-likeness (QED) is 0.393. The lowest BCUT2D eigenvalue weighted by Crippen LogP contribution is -2.31. The van der Waals surface area contributed by atoms with Crippen LogP contribution in [0.4, 0.5) is 10.1 Å². The van der Waals surface area contributed by atoms with Crippen LogP contribution in [0.5, 0.6) is 0 Å². The number of aryl methyl sites for hydroxylation is 1. The summed E-state index contributed by atoms with van der Waals surface area (Å²) in [5.74, 6) is -0.0561. The van der Waals surface area contributed by atoms with E-state index in [4.69, 9.17) is 11.6 Å². The Morgan fingerprint density at radius 2 is 1.91 bits per heavy atom. The molecule has 0 aliphatic rings. The van der Waals surface area contributed by atoms with Crippen LogP contribution >= 0.6 is 23.4 Å². The van der Waals surface area contributed by atoms with Crippen LogP contribution in [0.25, 0.3) is 0 Å². The van der Waals surface area contributed by atoms with Crippen molar-refractivity contribution in [3.63, 3.8) is 0 Å². The molecule has 2 N–H and O–H groups in total. The van der Waals surface area contributed by atoms with E-state index in [0.29, 0.717) is 33.7 Å². The summed E-state index contributed by atoms with van der Waals surface area (Å²) in [4.78, 5) is 25.3. The zero-order valence-corrected chi connectivity index (χ0v) is 21.0. The molecule has 1 aromatic heterocycles. The van der Waals surface area contributed by atoms with Crippen molar-refractivity contribution in [1.82, 2.24) is 20.1 Å². The van der Waals surface area contributed by atoms with Gasteiger partial charge in [0.2, 0.25) is 5.91 Å². The monoisotopic (exact) mass is 503 g/mol. The van der Waals surface area contributed by atoms with E-state index in [0.717, 1.165) is 5.56 Å². The summed E-state index contributed by atoms with van der Waals surface area (Å²) in [6, 6.07) is 10.7. The second-order valence-electron chi connectivity index (χ2n) is 8.33. The Kier molecular flexibility index (Phi) is 8.68. The molecule has 0 spiro atoms. The number of thioether (sulfide) groups is 1. The number of nitrogens with zero attached hydrogens (tertiary/aromatic N) is 3. The third kappa shape index (κ3) is 6.57. The fraction of sp³-hybridized carbons (Fsp3) is 0.333. The molecule has 1 atom stereocenters. The Labute approximate surface area is 207 Å². The van der Waals surface area contributed by atoms with Gasteiger partial charge < -0.3 is 15.2 Å². The number of rotatable bonds is 9. The van der Waals surface area contributed by atoms with Crippen molar-refractivity contribution in [2.75, 3.05) is 11.1 Å². The van der Waals surface area contributed by atoms with E-state index in [1.807, 2.05) is 0 Å². The molecule has 34 heavy (non-hydrogen) atoms. The van der Waals surface area contributed by atoms with Crippen LogP contribution < -0.4 is 10.6 Å². The fourth-order valence-corrected chi connectivity index (χ4v) is 4.32. The van der Waals surface area contributed by atoms with Gasteiger partial charge in [-0.3, -0.25) is 9.59 Å². The van der Waals surface area contributed by atoms with E-state index in [1.54, 1.807) is 48.9 Å². The first kappa shape index (κ1) is 25.7. The number of carbonyl (C=O) groups is 2. The fourth-order valence-electron chi connectivity index (χ4n) is 3.38. The topological polar surface area (TPSA) is 88.9 Å². The van der Waals surface area contributed by atoms with Crippen LogP contribution in [0.15, 0.2) is 47.6 Å². The molecule has 2 aromatic carbocycles. The van der Waals surface area contributed by atoms with E-state index in [2.05, 4.69) is 34.7 Å². The first-order valence-corrected chi connectivity index (χ1v) is 12.2. The van der Waals surface area contributed by atoms with Gasteiger partial charge in [-0.25, -0.2) is 4.39 Å². The number of aromatic nitrogens is 3. The highest BCUT2D eigenvalue weighted by atomic mass is 35.5. The molecule has 0 unspecified atom stereocenters. The van der Waals surface area contributed by atoms with Gasteiger partial charge in [-0.2, -0.15) is 0 Å². The van der Waals surface area contributed by atoms with Crippen LogP contribution in [-0.4, -0.2) is 32.3 Å². The Morgan fingerprint density at radius 3 is 2.62 bits per heavy atom. The molecular weight excluding hydrogens is 477 g/mol. The highest BCUT2D eigenvalue weighted by Gasteiger charge is 2.24. The first-order chi connectivity index (χ1) is 16.2. The summed E-state index contributed by atoms with van der Waals surface area (Å²) in [5, 5.41) is 15.1. The van der Waals surface area contributed by atoms with Crippen molar-refractivity contribution in [2.45, 2.75) is 38.4 Å². The van der Waals surface area contributed by atoms with Crippen LogP contribution in [-0.2, 0) is 11.8 Å². The highest BCUT2D eigenvalue weighted by Crippen LogP contribution is 2.25. The summed E-state index contributed by atoms with van der Waals surface area (Å²) in [5.41, 5.74) is 1.59. The van der Waals surface area contributed by atoms with Crippen LogP contribution in [0, 0.1) is 18.7 Å². The molecule has 0 aliphatic carbocycles. The summed E-state index contributed by atoms with van der Waals surface area (Å²) in [7, 11) is 1.79. The molecule has 180 valence electrons. The standard InChI is InChI=1S/C24H27ClFN5O2S/c1-14(2)11-20(28-23(33)17-7-5-6-8-18(17)25)22-29-30-24(31(22)4)34-13-21(32)27-19-12-16(26)10-9-15(19)3/h5-10,12,14,20H,11,13H2,1-4H3,(H,27,32)(H,28,33)/t20-/m1/s1. The van der Waals surface area contributed by atoms with Gasteiger partial charge in [0.25, 0.3) is 5.91 Å². The Morgan fingerprint density at radius 1 is 1.18 bits per heavy atom. The number of benzene rings is 2. The van der Waals surface area contributed by atoms with E-state index in [1.165, 1.54) is 23.9 Å². The largest absolute Gasteiger partial charge is 0.342 e. The summed E-state index contributed by atoms with van der Waals surface area (Å²) >= 11 is 7.39. The average Bonchev–Trinajstić information content (AvgIpc) is 3.14. The summed E-state index contributed by atoms with van der Waals surface area (Å²) < 4.78 is 15.2. The molecule has 1 heterocycles. The minimum absolute atomic E-state index is 0.0722. The van der Waals surface area contributed by atoms with Gasteiger partial charge in [-0.05, 0) is 49.1 Å². The predicted molar refractivity (Wildman–Crippen MR) is 133 cm³/mol. The maximum absolute atomic E-state index is 13.5. The van der Waals surface area contributed by atoms with Crippen molar-refractivity contribution in [2.24, 2.45) is 13.0 Å². The maximum Gasteiger partial charge on any atom is 0.253 e. The molecule has 0 saturated carbocycles.